The summed E-state index contributed by atoms with van der Waals surface area (Å²) < 4.78 is 9.58. The summed E-state index contributed by atoms with van der Waals surface area (Å²) in [5.74, 6) is -1.92. The summed E-state index contributed by atoms with van der Waals surface area (Å²) in [5, 5.41) is 4.35. The lowest BCUT2D eigenvalue weighted by Crippen LogP contribution is -2.41. The molecule has 6 nitrogen and oxygen atoms in total. The second kappa shape index (κ2) is 8.34. The van der Waals surface area contributed by atoms with E-state index in [1.54, 1.807) is 0 Å². The van der Waals surface area contributed by atoms with Crippen molar-refractivity contribution in [2.75, 3.05) is 14.2 Å². The number of methoxy groups -OCH3 is 2. The molecule has 2 aliphatic rings. The molecular formula is C20H25NO5. The van der Waals surface area contributed by atoms with Crippen molar-refractivity contribution in [3.05, 3.63) is 35.9 Å². The van der Waals surface area contributed by atoms with E-state index in [1.165, 1.54) is 14.2 Å². The van der Waals surface area contributed by atoms with Crippen LogP contribution in [-0.2, 0) is 23.9 Å². The Morgan fingerprint density at radius 3 is 2.42 bits per heavy atom. The van der Waals surface area contributed by atoms with Gasteiger partial charge in [0.25, 0.3) is 0 Å². The van der Waals surface area contributed by atoms with Crippen molar-refractivity contribution < 1.29 is 23.9 Å². The molecule has 0 N–H and O–H groups in total. The molecule has 26 heavy (non-hydrogen) atoms. The van der Waals surface area contributed by atoms with Gasteiger partial charge in [0, 0.05) is 18.3 Å². The number of ether oxygens (including phenoxy) is 2. The zero-order valence-electron chi connectivity index (χ0n) is 15.2. The molecule has 0 saturated heterocycles. The van der Waals surface area contributed by atoms with Gasteiger partial charge in [0.1, 0.15) is 6.10 Å². The van der Waals surface area contributed by atoms with Gasteiger partial charge in [0.15, 0.2) is 5.92 Å². The van der Waals surface area contributed by atoms with Gasteiger partial charge < -0.3 is 14.3 Å². The Hall–Kier alpha value is -2.37. The van der Waals surface area contributed by atoms with Crippen molar-refractivity contribution >= 4 is 17.7 Å². The van der Waals surface area contributed by atoms with E-state index < -0.39 is 17.9 Å². The number of fused-ring (bicyclic) bond motifs is 1. The lowest BCUT2D eigenvalue weighted by atomic mass is 9.71. The van der Waals surface area contributed by atoms with Crippen LogP contribution >= 0.6 is 0 Å². The molecule has 1 saturated carbocycles. The molecule has 1 heterocycles. The molecule has 1 fully saturated rings. The topological polar surface area (TPSA) is 74.2 Å². The average Bonchev–Trinajstić information content (AvgIpc) is 2.71. The van der Waals surface area contributed by atoms with E-state index >= 15 is 0 Å². The third-order valence-corrected chi connectivity index (χ3v) is 5.39. The third-order valence-electron chi connectivity index (χ3n) is 5.39. The van der Waals surface area contributed by atoms with Gasteiger partial charge in [-0.3, -0.25) is 9.59 Å². The van der Waals surface area contributed by atoms with Gasteiger partial charge >= 0.3 is 11.9 Å². The highest BCUT2D eigenvalue weighted by atomic mass is 16.6. The van der Waals surface area contributed by atoms with Crippen molar-refractivity contribution in [3.8, 4) is 0 Å². The molecule has 1 aromatic rings. The molecule has 0 amide bonds. The zero-order chi connectivity index (χ0) is 18.5. The Kier molecular flexibility index (Phi) is 5.91. The standard InChI is InChI=1S/C20H25NO5/c1-24-19(22)15(20(23)25-2)12-16-18(13-8-4-3-5-9-13)14-10-6-7-11-17(14)26-21-16/h3-5,8-9,14-15,17-18H,6-7,10-12H2,1-2H3/t14-,17+,18+/m0/s1. The maximum Gasteiger partial charge on any atom is 0.320 e. The Morgan fingerprint density at radius 1 is 1.12 bits per heavy atom. The predicted octanol–water partition coefficient (Wildman–Crippen LogP) is 3.07. The molecule has 1 aromatic carbocycles. The zero-order valence-corrected chi connectivity index (χ0v) is 15.2. The first-order chi connectivity index (χ1) is 12.7. The number of nitrogens with zero attached hydrogens (tertiary/aromatic N) is 1. The lowest BCUT2D eigenvalue weighted by Gasteiger charge is -2.40. The molecule has 1 aliphatic carbocycles. The largest absolute Gasteiger partial charge is 0.468 e. The summed E-state index contributed by atoms with van der Waals surface area (Å²) in [7, 11) is 2.53. The van der Waals surface area contributed by atoms with Crippen LogP contribution in [0.1, 0.15) is 43.6 Å². The van der Waals surface area contributed by atoms with E-state index in [2.05, 4.69) is 17.3 Å². The van der Waals surface area contributed by atoms with Gasteiger partial charge in [0.2, 0.25) is 0 Å². The fourth-order valence-corrected chi connectivity index (χ4v) is 4.10. The van der Waals surface area contributed by atoms with Crippen molar-refractivity contribution in [1.29, 1.82) is 0 Å². The van der Waals surface area contributed by atoms with Crippen LogP contribution in [0.15, 0.2) is 35.5 Å². The van der Waals surface area contributed by atoms with Gasteiger partial charge in [-0.15, -0.1) is 0 Å². The van der Waals surface area contributed by atoms with E-state index in [0.29, 0.717) is 11.6 Å². The van der Waals surface area contributed by atoms with E-state index in [1.807, 2.05) is 18.2 Å². The number of hydrogen-bond donors (Lipinski definition) is 0. The van der Waals surface area contributed by atoms with Crippen molar-refractivity contribution in [1.82, 2.24) is 0 Å². The highest BCUT2D eigenvalue weighted by Gasteiger charge is 2.43. The number of rotatable bonds is 5. The highest BCUT2D eigenvalue weighted by molar-refractivity contribution is 6.02. The number of carbonyl (C=O) groups is 2. The molecule has 0 spiro atoms. The second-order valence-electron chi connectivity index (χ2n) is 6.87. The summed E-state index contributed by atoms with van der Waals surface area (Å²) in [4.78, 5) is 29.9. The summed E-state index contributed by atoms with van der Waals surface area (Å²) >= 11 is 0. The molecule has 140 valence electrons. The molecule has 3 atom stereocenters. The van der Waals surface area contributed by atoms with Crippen LogP contribution in [0.2, 0.25) is 0 Å². The molecule has 1 aliphatic heterocycles. The monoisotopic (exact) mass is 359 g/mol. The first-order valence-corrected chi connectivity index (χ1v) is 9.09. The quantitative estimate of drug-likeness (QED) is 0.597. The maximum atomic E-state index is 12.1. The smallest absolute Gasteiger partial charge is 0.320 e. The minimum absolute atomic E-state index is 0.0343. The van der Waals surface area contributed by atoms with Crippen LogP contribution < -0.4 is 0 Å². The predicted molar refractivity (Wildman–Crippen MR) is 95.6 cm³/mol. The maximum absolute atomic E-state index is 12.1. The fourth-order valence-electron chi connectivity index (χ4n) is 4.10. The van der Waals surface area contributed by atoms with Crippen LogP contribution in [0.3, 0.4) is 0 Å². The number of benzene rings is 1. The van der Waals surface area contributed by atoms with Crippen molar-refractivity contribution in [2.24, 2.45) is 17.0 Å². The van der Waals surface area contributed by atoms with E-state index in [0.717, 1.165) is 31.2 Å². The van der Waals surface area contributed by atoms with Crippen LogP contribution in [0.25, 0.3) is 0 Å². The number of carbonyl (C=O) groups excluding carboxylic acids is 2. The molecule has 0 radical (unpaired) electrons. The minimum atomic E-state index is -1.03. The van der Waals surface area contributed by atoms with Gasteiger partial charge in [0.05, 0.1) is 19.9 Å². The second-order valence-corrected chi connectivity index (χ2v) is 6.87. The van der Waals surface area contributed by atoms with Crippen LogP contribution in [0.5, 0.6) is 0 Å². The summed E-state index contributed by atoms with van der Waals surface area (Å²) in [6.45, 7) is 0. The summed E-state index contributed by atoms with van der Waals surface area (Å²) in [6.07, 6.45) is 4.56. The lowest BCUT2D eigenvalue weighted by molar-refractivity contribution is -0.158. The molecule has 0 unspecified atom stereocenters. The van der Waals surface area contributed by atoms with Crippen molar-refractivity contribution in [3.63, 3.8) is 0 Å². The van der Waals surface area contributed by atoms with Crippen LogP contribution in [0, 0.1) is 11.8 Å². The molecule has 0 bridgehead atoms. The Balaban J connectivity index is 1.93. The molecule has 0 aromatic heterocycles. The minimum Gasteiger partial charge on any atom is -0.468 e. The van der Waals surface area contributed by atoms with E-state index in [4.69, 9.17) is 14.3 Å². The normalized spacial score (nSPS) is 24.9. The third kappa shape index (κ3) is 3.74. The summed E-state index contributed by atoms with van der Waals surface area (Å²) in [6, 6.07) is 10.1. The molecule has 3 rings (SSSR count). The number of hydrogen-bond acceptors (Lipinski definition) is 6. The Morgan fingerprint density at radius 2 is 1.77 bits per heavy atom. The fraction of sp³-hybridized carbons (Fsp3) is 0.550. The average molecular weight is 359 g/mol. The van der Waals surface area contributed by atoms with Crippen LogP contribution in [0.4, 0.5) is 0 Å². The van der Waals surface area contributed by atoms with Gasteiger partial charge in [-0.25, -0.2) is 0 Å². The van der Waals surface area contributed by atoms with E-state index in [9.17, 15) is 9.59 Å². The molecular weight excluding hydrogens is 334 g/mol. The number of esters is 2. The Bertz CT molecular complexity index is 656. The van der Waals surface area contributed by atoms with E-state index in [-0.39, 0.29) is 18.4 Å². The first-order valence-electron chi connectivity index (χ1n) is 9.09. The van der Waals surface area contributed by atoms with Gasteiger partial charge in [-0.05, 0) is 24.8 Å². The molecule has 6 heteroatoms. The Labute approximate surface area is 153 Å². The van der Waals surface area contributed by atoms with Crippen molar-refractivity contribution in [2.45, 2.75) is 44.1 Å². The van der Waals surface area contributed by atoms with Gasteiger partial charge in [-0.1, -0.05) is 41.9 Å². The highest BCUT2D eigenvalue weighted by Crippen LogP contribution is 2.42. The van der Waals surface area contributed by atoms with Gasteiger partial charge in [-0.2, -0.15) is 0 Å². The number of oxime groups is 1. The SMILES string of the molecule is COC(=O)C(CC1=NO[C@@H]2CCCC[C@@H]2[C@H]1c1ccccc1)C(=O)OC. The van der Waals surface area contributed by atoms with Crippen LogP contribution in [-0.4, -0.2) is 38.0 Å². The summed E-state index contributed by atoms with van der Waals surface area (Å²) in [5.41, 5.74) is 1.85. The first kappa shape index (κ1) is 18.4.